The average molecular weight is 525 g/mol. The van der Waals surface area contributed by atoms with Gasteiger partial charge in [0.1, 0.15) is 6.10 Å². The predicted molar refractivity (Wildman–Crippen MR) is 154 cm³/mol. The van der Waals surface area contributed by atoms with Crippen molar-refractivity contribution in [3.8, 4) is 0 Å². The van der Waals surface area contributed by atoms with Crippen molar-refractivity contribution in [1.82, 2.24) is 0 Å². The molecule has 0 bridgehead atoms. The number of ether oxygens (including phenoxy) is 1. The van der Waals surface area contributed by atoms with Crippen LogP contribution in [-0.4, -0.2) is 12.1 Å². The molecule has 0 radical (unpaired) electrons. The molecule has 4 aliphatic carbocycles. The van der Waals surface area contributed by atoms with Gasteiger partial charge >= 0.3 is 5.97 Å². The SMILES string of the molecule is CC(C)CCC[C@H](C)[C@@H]1CC[C@@H]2[C@H]3CC=C4C[C@@H](OC(=O)c5ccccc5Cl)CC[C@]4(C)[C@@H]3CC[C@@]21C. The second-order valence-corrected chi connectivity index (χ2v) is 14.4. The summed E-state index contributed by atoms with van der Waals surface area (Å²) >= 11 is 6.26. The van der Waals surface area contributed by atoms with Crippen LogP contribution in [0.2, 0.25) is 5.02 Å². The molecule has 5 rings (SSSR count). The van der Waals surface area contributed by atoms with Crippen molar-refractivity contribution < 1.29 is 9.53 Å². The lowest BCUT2D eigenvalue weighted by Gasteiger charge is -2.58. The molecule has 0 aliphatic heterocycles. The third kappa shape index (κ3) is 5.06. The standard InChI is InChI=1S/C34H49ClO2/c1-22(2)9-8-10-23(3)28-15-16-29-26-14-13-24-21-25(37-32(36)27-11-6-7-12-31(27)35)17-19-33(24,4)30(26)18-20-34(28,29)5/h6-7,11-13,22-23,25-26,28-30H,8-10,14-21H2,1-5H3/t23-,25-,26+,28-,29+,30+,33-,34+/m0/s1. The Bertz CT molecular complexity index is 1010. The summed E-state index contributed by atoms with van der Waals surface area (Å²) in [5.74, 6) is 4.83. The highest BCUT2D eigenvalue weighted by Crippen LogP contribution is 2.67. The summed E-state index contributed by atoms with van der Waals surface area (Å²) in [5, 5.41) is 0.474. The molecule has 0 unspecified atom stereocenters. The lowest BCUT2D eigenvalue weighted by atomic mass is 9.47. The van der Waals surface area contributed by atoms with Gasteiger partial charge in [-0.2, -0.15) is 0 Å². The fraction of sp³-hybridized carbons (Fsp3) is 0.735. The van der Waals surface area contributed by atoms with Crippen LogP contribution in [0.5, 0.6) is 0 Å². The van der Waals surface area contributed by atoms with Gasteiger partial charge in [0.15, 0.2) is 0 Å². The van der Waals surface area contributed by atoms with Gasteiger partial charge in [0.05, 0.1) is 10.6 Å². The Morgan fingerprint density at radius 3 is 2.57 bits per heavy atom. The van der Waals surface area contributed by atoms with E-state index in [2.05, 4.69) is 40.7 Å². The van der Waals surface area contributed by atoms with Crippen molar-refractivity contribution in [3.63, 3.8) is 0 Å². The summed E-state index contributed by atoms with van der Waals surface area (Å²) in [6.45, 7) is 12.5. The Morgan fingerprint density at radius 1 is 1.03 bits per heavy atom. The Kier molecular flexibility index (Phi) is 7.90. The predicted octanol–water partition coefficient (Wildman–Crippen LogP) is 9.91. The first-order valence-corrected chi connectivity index (χ1v) is 15.7. The van der Waals surface area contributed by atoms with Crippen LogP contribution in [0.1, 0.15) is 116 Å². The van der Waals surface area contributed by atoms with E-state index in [1.165, 1.54) is 51.4 Å². The smallest absolute Gasteiger partial charge is 0.339 e. The molecule has 204 valence electrons. The van der Waals surface area contributed by atoms with Gasteiger partial charge < -0.3 is 4.74 Å². The van der Waals surface area contributed by atoms with Crippen LogP contribution in [0.15, 0.2) is 35.9 Å². The topological polar surface area (TPSA) is 26.3 Å². The highest BCUT2D eigenvalue weighted by molar-refractivity contribution is 6.33. The highest BCUT2D eigenvalue weighted by atomic mass is 35.5. The first-order valence-electron chi connectivity index (χ1n) is 15.3. The molecule has 2 nitrogen and oxygen atoms in total. The lowest BCUT2D eigenvalue weighted by molar-refractivity contribution is -0.0594. The van der Waals surface area contributed by atoms with Crippen molar-refractivity contribution in [1.29, 1.82) is 0 Å². The van der Waals surface area contributed by atoms with Crippen molar-refractivity contribution in [2.45, 2.75) is 111 Å². The number of benzene rings is 1. The van der Waals surface area contributed by atoms with Crippen LogP contribution < -0.4 is 0 Å². The first kappa shape index (κ1) is 27.3. The summed E-state index contributed by atoms with van der Waals surface area (Å²) < 4.78 is 6.00. The molecule has 1 aromatic rings. The van der Waals surface area contributed by atoms with Gasteiger partial charge in [-0.15, -0.1) is 0 Å². The summed E-state index contributed by atoms with van der Waals surface area (Å²) in [5.41, 5.74) is 2.86. The molecule has 0 amide bonds. The molecule has 4 aliphatic rings. The first-order chi connectivity index (χ1) is 17.6. The number of allylic oxidation sites excluding steroid dienone is 1. The maximum atomic E-state index is 12.8. The fourth-order valence-corrected chi connectivity index (χ4v) is 9.81. The fourth-order valence-electron chi connectivity index (χ4n) is 9.59. The number of hydrogen-bond acceptors (Lipinski definition) is 2. The maximum absolute atomic E-state index is 12.8. The quantitative estimate of drug-likeness (QED) is 0.262. The van der Waals surface area contributed by atoms with Crippen LogP contribution in [0.4, 0.5) is 0 Å². The molecule has 0 N–H and O–H groups in total. The van der Waals surface area contributed by atoms with E-state index in [-0.39, 0.29) is 17.5 Å². The summed E-state index contributed by atoms with van der Waals surface area (Å²) in [4.78, 5) is 12.8. The van der Waals surface area contributed by atoms with E-state index >= 15 is 0 Å². The van der Waals surface area contributed by atoms with Gasteiger partial charge in [-0.25, -0.2) is 4.79 Å². The van der Waals surface area contributed by atoms with E-state index in [1.807, 2.05) is 12.1 Å². The second-order valence-electron chi connectivity index (χ2n) is 14.0. The molecular formula is C34H49ClO2. The number of carbonyl (C=O) groups excluding carboxylic acids is 1. The number of esters is 1. The van der Waals surface area contributed by atoms with Crippen LogP contribution in [0, 0.1) is 46.3 Å². The number of rotatable bonds is 7. The van der Waals surface area contributed by atoms with E-state index in [0.29, 0.717) is 16.0 Å². The van der Waals surface area contributed by atoms with Gasteiger partial charge in [-0.1, -0.05) is 89.3 Å². The molecule has 37 heavy (non-hydrogen) atoms. The molecule has 3 saturated carbocycles. The third-order valence-corrected chi connectivity index (χ3v) is 12.0. The molecule has 0 spiro atoms. The van der Waals surface area contributed by atoms with Crippen molar-refractivity contribution in [2.75, 3.05) is 0 Å². The minimum absolute atomic E-state index is 0.0314. The normalized spacial score (nSPS) is 37.8. The Labute approximate surface area is 231 Å². The van der Waals surface area contributed by atoms with Gasteiger partial charge in [-0.3, -0.25) is 0 Å². The van der Waals surface area contributed by atoms with Gasteiger partial charge in [-0.05, 0) is 103 Å². The van der Waals surface area contributed by atoms with Crippen molar-refractivity contribution >= 4 is 17.6 Å². The summed E-state index contributed by atoms with van der Waals surface area (Å²) in [7, 11) is 0. The molecule has 1 aromatic carbocycles. The van der Waals surface area contributed by atoms with E-state index in [1.54, 1.807) is 17.7 Å². The van der Waals surface area contributed by atoms with E-state index in [0.717, 1.165) is 54.8 Å². The molecule has 0 heterocycles. The monoisotopic (exact) mass is 524 g/mol. The highest BCUT2D eigenvalue weighted by Gasteiger charge is 2.59. The zero-order chi connectivity index (χ0) is 26.4. The molecular weight excluding hydrogens is 476 g/mol. The van der Waals surface area contributed by atoms with Crippen LogP contribution >= 0.6 is 11.6 Å². The van der Waals surface area contributed by atoms with Crippen molar-refractivity contribution in [2.24, 2.45) is 46.3 Å². The lowest BCUT2D eigenvalue weighted by Crippen LogP contribution is -2.51. The number of halogens is 1. The van der Waals surface area contributed by atoms with Crippen molar-refractivity contribution in [3.05, 3.63) is 46.5 Å². The van der Waals surface area contributed by atoms with Gasteiger partial charge in [0.25, 0.3) is 0 Å². The van der Waals surface area contributed by atoms with Crippen LogP contribution in [0.25, 0.3) is 0 Å². The van der Waals surface area contributed by atoms with Crippen LogP contribution in [0.3, 0.4) is 0 Å². The molecule has 3 fully saturated rings. The Morgan fingerprint density at radius 2 is 1.81 bits per heavy atom. The Hall–Kier alpha value is -1.28. The van der Waals surface area contributed by atoms with E-state index < -0.39 is 0 Å². The maximum Gasteiger partial charge on any atom is 0.339 e. The molecule has 0 aromatic heterocycles. The molecule has 3 heteroatoms. The zero-order valence-electron chi connectivity index (χ0n) is 23.9. The molecule has 8 atom stereocenters. The summed E-state index contributed by atoms with van der Waals surface area (Å²) in [6.07, 6.45) is 16.6. The average Bonchev–Trinajstić information content (AvgIpc) is 3.21. The summed E-state index contributed by atoms with van der Waals surface area (Å²) in [6, 6.07) is 7.22. The minimum atomic E-state index is -0.276. The number of hydrogen-bond donors (Lipinski definition) is 0. The third-order valence-electron chi connectivity index (χ3n) is 11.6. The number of carbonyl (C=O) groups is 1. The molecule has 0 saturated heterocycles. The van der Waals surface area contributed by atoms with Gasteiger partial charge in [0, 0.05) is 6.42 Å². The van der Waals surface area contributed by atoms with Crippen LogP contribution in [-0.2, 0) is 4.74 Å². The zero-order valence-corrected chi connectivity index (χ0v) is 24.7. The largest absolute Gasteiger partial charge is 0.458 e. The van der Waals surface area contributed by atoms with Gasteiger partial charge in [0.2, 0.25) is 0 Å². The second kappa shape index (κ2) is 10.7. The number of fused-ring (bicyclic) bond motifs is 5. The van der Waals surface area contributed by atoms with E-state index in [4.69, 9.17) is 16.3 Å². The minimum Gasteiger partial charge on any atom is -0.458 e. The van der Waals surface area contributed by atoms with E-state index in [9.17, 15) is 4.79 Å². The Balaban J connectivity index is 1.26.